The topological polar surface area (TPSA) is 83.1 Å². The highest BCUT2D eigenvalue weighted by atomic mass is 79.9. The van der Waals surface area contributed by atoms with Crippen molar-refractivity contribution < 1.29 is 9.59 Å². The molecule has 7 heteroatoms. The van der Waals surface area contributed by atoms with E-state index < -0.39 is 0 Å². The summed E-state index contributed by atoms with van der Waals surface area (Å²) in [6.45, 7) is 1.79. The van der Waals surface area contributed by atoms with E-state index in [-0.39, 0.29) is 17.7 Å². The highest BCUT2D eigenvalue weighted by molar-refractivity contribution is 9.10. The summed E-state index contributed by atoms with van der Waals surface area (Å²) in [5, 5.41) is 10.9. The monoisotopic (exact) mass is 450 g/mol. The van der Waals surface area contributed by atoms with Crippen LogP contribution in [-0.2, 0) is 0 Å². The molecule has 146 valence electrons. The summed E-state index contributed by atoms with van der Waals surface area (Å²) in [4.78, 5) is 30.0. The third-order valence-corrected chi connectivity index (χ3v) is 6.49. The molecule has 2 aliphatic rings. The lowest BCUT2D eigenvalue weighted by molar-refractivity contribution is 0.0953. The minimum Gasteiger partial charge on any atom is -0.316 e. The molecule has 6 nitrogen and oxygen atoms in total. The average molecular weight is 451 g/mol. The number of carbonyl (C=O) groups is 2. The second-order valence-corrected chi connectivity index (χ2v) is 8.37. The van der Waals surface area contributed by atoms with Crippen molar-refractivity contribution in [1.29, 1.82) is 0 Å². The Hall–Kier alpha value is -2.77. The number of piperidine rings is 1. The van der Waals surface area contributed by atoms with Gasteiger partial charge in [-0.15, -0.1) is 0 Å². The maximum absolute atomic E-state index is 13.1. The van der Waals surface area contributed by atoms with Gasteiger partial charge in [0, 0.05) is 33.6 Å². The number of rotatable bonds is 4. The Morgan fingerprint density at radius 3 is 2.55 bits per heavy atom. The molecule has 2 amide bonds. The van der Waals surface area contributed by atoms with Gasteiger partial charge >= 0.3 is 6.03 Å². The lowest BCUT2D eigenvalue weighted by atomic mass is 10.0. The molecular formula is C22H19BrN4O2. The van der Waals surface area contributed by atoms with E-state index in [1.165, 1.54) is 0 Å². The molecule has 1 aliphatic carbocycles. The van der Waals surface area contributed by atoms with Gasteiger partial charge in [-0.1, -0.05) is 18.2 Å². The van der Waals surface area contributed by atoms with Gasteiger partial charge in [-0.3, -0.25) is 9.78 Å². The predicted octanol–water partition coefficient (Wildman–Crippen LogP) is 4.29. The molecule has 1 saturated carbocycles. The molecular weight excluding hydrogens is 432 g/mol. The number of halogens is 1. The molecule has 1 aromatic heterocycles. The lowest BCUT2D eigenvalue weighted by Gasteiger charge is -2.14. The van der Waals surface area contributed by atoms with Gasteiger partial charge in [-0.25, -0.2) is 4.79 Å². The summed E-state index contributed by atoms with van der Waals surface area (Å²) in [6, 6.07) is 12.5. The zero-order chi connectivity index (χ0) is 20.0. The van der Waals surface area contributed by atoms with Gasteiger partial charge in [0.1, 0.15) is 0 Å². The van der Waals surface area contributed by atoms with E-state index >= 15 is 0 Å². The number of pyridine rings is 1. The Balaban J connectivity index is 1.38. The summed E-state index contributed by atoms with van der Waals surface area (Å²) in [6.07, 6.45) is 3.45. The van der Waals surface area contributed by atoms with E-state index in [1.54, 1.807) is 18.5 Å². The highest BCUT2D eigenvalue weighted by Crippen LogP contribution is 2.51. The number of Topliss-reactive ketones (excluding diaryl/α,β-unsaturated/α-hetero) is 1. The van der Waals surface area contributed by atoms with E-state index in [0.717, 1.165) is 23.9 Å². The van der Waals surface area contributed by atoms with Gasteiger partial charge in [0.2, 0.25) is 0 Å². The number of anilines is 2. The smallest absolute Gasteiger partial charge is 0.316 e. The summed E-state index contributed by atoms with van der Waals surface area (Å²) in [5.41, 5.74) is 1.75. The van der Waals surface area contributed by atoms with Crippen LogP contribution in [-0.4, -0.2) is 29.9 Å². The zero-order valence-corrected chi connectivity index (χ0v) is 17.1. The van der Waals surface area contributed by atoms with Crippen molar-refractivity contribution in [3.05, 3.63) is 64.9 Å². The van der Waals surface area contributed by atoms with Crippen LogP contribution in [0.4, 0.5) is 16.2 Å². The standard InChI is InChI=1S/C22H19BrN4O2/c23-16-4-2-6-18(20(16)21(28)19-14-10-25-11-15(14)19)27-22(29)26-17-5-1-3-12-9-24-8-7-13(12)17/h1-9,14-15,19,25H,10-11H2,(H2,26,27,29). The number of nitrogens with zero attached hydrogens (tertiary/aromatic N) is 1. The molecule has 3 N–H and O–H groups in total. The Morgan fingerprint density at radius 2 is 1.72 bits per heavy atom. The second kappa shape index (κ2) is 7.24. The van der Waals surface area contributed by atoms with Crippen molar-refractivity contribution in [2.24, 2.45) is 17.8 Å². The Morgan fingerprint density at radius 1 is 1.00 bits per heavy atom. The maximum Gasteiger partial charge on any atom is 0.323 e. The van der Waals surface area contributed by atoms with E-state index in [4.69, 9.17) is 0 Å². The van der Waals surface area contributed by atoms with Gasteiger partial charge in [-0.05, 0) is 65.1 Å². The van der Waals surface area contributed by atoms with Crippen molar-refractivity contribution in [1.82, 2.24) is 10.3 Å². The Kier molecular flexibility index (Phi) is 4.56. The molecule has 5 rings (SSSR count). The highest BCUT2D eigenvalue weighted by Gasteiger charge is 2.57. The van der Waals surface area contributed by atoms with Crippen LogP contribution in [0.15, 0.2) is 59.3 Å². The second-order valence-electron chi connectivity index (χ2n) is 7.52. The number of hydrogen-bond acceptors (Lipinski definition) is 4. The first-order valence-electron chi connectivity index (χ1n) is 9.57. The molecule has 1 saturated heterocycles. The number of nitrogens with one attached hydrogen (secondary N) is 3. The first-order chi connectivity index (χ1) is 14.1. The number of ketones is 1. The van der Waals surface area contributed by atoms with Crippen LogP contribution in [0.5, 0.6) is 0 Å². The first kappa shape index (κ1) is 18.3. The number of benzene rings is 2. The van der Waals surface area contributed by atoms with E-state index in [2.05, 4.69) is 36.9 Å². The van der Waals surface area contributed by atoms with Crippen LogP contribution >= 0.6 is 15.9 Å². The third-order valence-electron chi connectivity index (χ3n) is 5.83. The van der Waals surface area contributed by atoms with Crippen LogP contribution in [0, 0.1) is 17.8 Å². The summed E-state index contributed by atoms with van der Waals surface area (Å²) >= 11 is 3.50. The number of urea groups is 1. The van der Waals surface area contributed by atoms with Crippen molar-refractivity contribution in [3.63, 3.8) is 0 Å². The number of amides is 2. The average Bonchev–Trinajstić information content (AvgIpc) is 3.19. The summed E-state index contributed by atoms with van der Waals surface area (Å²) < 4.78 is 0.703. The number of carbonyl (C=O) groups excluding carboxylic acids is 2. The van der Waals surface area contributed by atoms with Crippen molar-refractivity contribution in [2.75, 3.05) is 23.7 Å². The fourth-order valence-electron chi connectivity index (χ4n) is 4.36. The normalized spacial score (nSPS) is 22.2. The summed E-state index contributed by atoms with van der Waals surface area (Å²) in [5.74, 6) is 0.978. The molecule has 29 heavy (non-hydrogen) atoms. The molecule has 0 spiro atoms. The third kappa shape index (κ3) is 3.30. The Labute approximate surface area is 176 Å². The molecule has 2 unspecified atom stereocenters. The van der Waals surface area contributed by atoms with E-state index in [0.29, 0.717) is 33.2 Å². The molecule has 3 aromatic rings. The van der Waals surface area contributed by atoms with E-state index in [9.17, 15) is 9.59 Å². The fourth-order valence-corrected chi connectivity index (χ4v) is 4.92. The van der Waals surface area contributed by atoms with Crippen molar-refractivity contribution in [3.8, 4) is 0 Å². The summed E-state index contributed by atoms with van der Waals surface area (Å²) in [7, 11) is 0. The van der Waals surface area contributed by atoms with Crippen LogP contribution in [0.25, 0.3) is 10.8 Å². The molecule has 0 bridgehead atoms. The molecule has 2 aromatic carbocycles. The van der Waals surface area contributed by atoms with Crippen molar-refractivity contribution in [2.45, 2.75) is 0 Å². The number of fused-ring (bicyclic) bond motifs is 2. The van der Waals surface area contributed by atoms with Gasteiger partial charge in [0.05, 0.1) is 16.9 Å². The van der Waals surface area contributed by atoms with Crippen LogP contribution in [0.1, 0.15) is 10.4 Å². The SMILES string of the molecule is O=C(Nc1cccc(Br)c1C(=O)C1C2CNCC21)Nc1cccc2cnccc12. The van der Waals surface area contributed by atoms with Crippen LogP contribution in [0.3, 0.4) is 0 Å². The van der Waals surface area contributed by atoms with Gasteiger partial charge < -0.3 is 16.0 Å². The minimum atomic E-state index is -0.390. The molecule has 0 radical (unpaired) electrons. The fraction of sp³-hybridized carbons (Fsp3) is 0.227. The molecule has 1 aliphatic heterocycles. The predicted molar refractivity (Wildman–Crippen MR) is 116 cm³/mol. The molecule has 2 fully saturated rings. The van der Waals surface area contributed by atoms with Crippen LogP contribution < -0.4 is 16.0 Å². The molecule has 2 heterocycles. The first-order valence-corrected chi connectivity index (χ1v) is 10.4. The quantitative estimate of drug-likeness (QED) is 0.517. The van der Waals surface area contributed by atoms with Gasteiger partial charge in [0.25, 0.3) is 0 Å². The van der Waals surface area contributed by atoms with Gasteiger partial charge in [-0.2, -0.15) is 0 Å². The zero-order valence-electron chi connectivity index (χ0n) is 15.5. The number of aromatic nitrogens is 1. The van der Waals surface area contributed by atoms with Gasteiger partial charge in [0.15, 0.2) is 5.78 Å². The van der Waals surface area contributed by atoms with Crippen LogP contribution in [0.2, 0.25) is 0 Å². The molecule has 2 atom stereocenters. The largest absolute Gasteiger partial charge is 0.323 e. The lowest BCUT2D eigenvalue weighted by Crippen LogP contribution is -2.23. The Bertz CT molecular complexity index is 1120. The minimum absolute atomic E-state index is 0.0455. The van der Waals surface area contributed by atoms with Crippen molar-refractivity contribution >= 4 is 49.9 Å². The van der Waals surface area contributed by atoms with E-state index in [1.807, 2.05) is 36.4 Å². The maximum atomic E-state index is 13.1. The number of hydrogen-bond donors (Lipinski definition) is 3.